The maximum absolute atomic E-state index is 13.8. The summed E-state index contributed by atoms with van der Waals surface area (Å²) in [5, 5.41) is 4.64. The molecule has 1 amide bonds. The summed E-state index contributed by atoms with van der Waals surface area (Å²) in [6, 6.07) is 9.07. The summed E-state index contributed by atoms with van der Waals surface area (Å²) < 4.78 is 27.1. The van der Waals surface area contributed by atoms with Gasteiger partial charge in [-0.25, -0.2) is 13.8 Å². The molecule has 2 aromatic carbocycles. The zero-order chi connectivity index (χ0) is 18.0. The second-order valence-electron chi connectivity index (χ2n) is 5.81. The summed E-state index contributed by atoms with van der Waals surface area (Å²) in [5.74, 6) is -1.30. The molecule has 1 heterocycles. The van der Waals surface area contributed by atoms with Crippen LogP contribution in [0.5, 0.6) is 0 Å². The number of carbonyl (C=O) groups is 1. The number of benzene rings is 2. The zero-order valence-electron chi connectivity index (χ0n) is 13.8. The molecule has 6 heteroatoms. The first kappa shape index (κ1) is 17.2. The standard InChI is InChI=1S/C19H16F2N2OS/c1-11-3-4-13(7-12(11)2)8-18(24)23-19-22-17(10-25-19)15-9-14(20)5-6-16(15)21/h3-7,9-10H,8H2,1-2H3,(H,22,23,24). The van der Waals surface area contributed by atoms with Crippen LogP contribution >= 0.6 is 11.3 Å². The lowest BCUT2D eigenvalue weighted by atomic mass is 10.0. The van der Waals surface area contributed by atoms with Crippen molar-refractivity contribution in [1.29, 1.82) is 0 Å². The molecule has 3 nitrogen and oxygen atoms in total. The van der Waals surface area contributed by atoms with Gasteiger partial charge < -0.3 is 5.32 Å². The second-order valence-corrected chi connectivity index (χ2v) is 6.66. The lowest BCUT2D eigenvalue weighted by molar-refractivity contribution is -0.115. The highest BCUT2D eigenvalue weighted by molar-refractivity contribution is 7.14. The van der Waals surface area contributed by atoms with E-state index in [-0.39, 0.29) is 17.9 Å². The SMILES string of the molecule is Cc1ccc(CC(=O)Nc2nc(-c3cc(F)ccc3F)cs2)cc1C. The van der Waals surface area contributed by atoms with E-state index in [0.717, 1.165) is 29.3 Å². The normalized spacial score (nSPS) is 10.7. The van der Waals surface area contributed by atoms with Crippen molar-refractivity contribution in [3.63, 3.8) is 0 Å². The van der Waals surface area contributed by atoms with E-state index in [2.05, 4.69) is 10.3 Å². The van der Waals surface area contributed by atoms with E-state index < -0.39 is 11.6 Å². The Morgan fingerprint density at radius 3 is 2.68 bits per heavy atom. The van der Waals surface area contributed by atoms with Crippen LogP contribution in [0.4, 0.5) is 13.9 Å². The van der Waals surface area contributed by atoms with Crippen molar-refractivity contribution in [1.82, 2.24) is 4.98 Å². The van der Waals surface area contributed by atoms with Crippen LogP contribution in [0.3, 0.4) is 0 Å². The van der Waals surface area contributed by atoms with Crippen molar-refractivity contribution in [2.45, 2.75) is 20.3 Å². The molecule has 0 unspecified atom stereocenters. The number of carbonyl (C=O) groups excluding carboxylic acids is 1. The number of nitrogens with one attached hydrogen (secondary N) is 1. The van der Waals surface area contributed by atoms with Gasteiger partial charge in [-0.3, -0.25) is 4.79 Å². The summed E-state index contributed by atoms with van der Waals surface area (Å²) in [4.78, 5) is 16.3. The Morgan fingerprint density at radius 2 is 1.92 bits per heavy atom. The van der Waals surface area contributed by atoms with Crippen LogP contribution in [-0.4, -0.2) is 10.9 Å². The lowest BCUT2D eigenvalue weighted by Gasteiger charge is -2.05. The fraction of sp³-hybridized carbons (Fsp3) is 0.158. The Hall–Kier alpha value is -2.60. The Balaban J connectivity index is 1.71. The number of amides is 1. The molecule has 25 heavy (non-hydrogen) atoms. The van der Waals surface area contributed by atoms with Crippen molar-refractivity contribution in [2.75, 3.05) is 5.32 Å². The first-order valence-electron chi connectivity index (χ1n) is 7.69. The van der Waals surface area contributed by atoms with Crippen molar-refractivity contribution in [2.24, 2.45) is 0 Å². The van der Waals surface area contributed by atoms with E-state index in [1.165, 1.54) is 16.9 Å². The van der Waals surface area contributed by atoms with Crippen LogP contribution < -0.4 is 5.32 Å². The van der Waals surface area contributed by atoms with Crippen molar-refractivity contribution < 1.29 is 13.6 Å². The predicted octanol–water partition coefficient (Wildman–Crippen LogP) is 4.89. The maximum Gasteiger partial charge on any atom is 0.230 e. The highest BCUT2D eigenvalue weighted by atomic mass is 32.1. The number of hydrogen-bond donors (Lipinski definition) is 1. The molecule has 0 fully saturated rings. The molecule has 0 atom stereocenters. The molecular formula is C19H16F2N2OS. The van der Waals surface area contributed by atoms with Crippen LogP contribution in [0, 0.1) is 25.5 Å². The van der Waals surface area contributed by atoms with Crippen molar-refractivity contribution in [3.8, 4) is 11.3 Å². The van der Waals surface area contributed by atoms with E-state index in [1.807, 2.05) is 32.0 Å². The summed E-state index contributed by atoms with van der Waals surface area (Å²) in [6.07, 6.45) is 0.227. The fourth-order valence-corrected chi connectivity index (χ4v) is 3.14. The van der Waals surface area contributed by atoms with E-state index in [1.54, 1.807) is 5.38 Å². The average Bonchev–Trinajstić information content (AvgIpc) is 3.01. The molecule has 0 bridgehead atoms. The molecule has 0 aliphatic carbocycles. The van der Waals surface area contributed by atoms with Gasteiger partial charge in [0.15, 0.2) is 5.13 Å². The number of rotatable bonds is 4. The van der Waals surface area contributed by atoms with E-state index >= 15 is 0 Å². The topological polar surface area (TPSA) is 42.0 Å². The molecule has 3 aromatic rings. The van der Waals surface area contributed by atoms with E-state index in [0.29, 0.717) is 10.8 Å². The third-order valence-electron chi connectivity index (χ3n) is 3.89. The minimum absolute atomic E-state index is 0.0749. The number of hydrogen-bond acceptors (Lipinski definition) is 3. The molecule has 0 radical (unpaired) electrons. The minimum Gasteiger partial charge on any atom is -0.302 e. The van der Waals surface area contributed by atoms with Gasteiger partial charge in [-0.2, -0.15) is 0 Å². The van der Waals surface area contributed by atoms with E-state index in [9.17, 15) is 13.6 Å². The van der Waals surface area contributed by atoms with Crippen molar-refractivity contribution >= 4 is 22.4 Å². The fourth-order valence-electron chi connectivity index (χ4n) is 2.41. The lowest BCUT2D eigenvalue weighted by Crippen LogP contribution is -2.14. The number of aryl methyl sites for hydroxylation is 2. The average molecular weight is 358 g/mol. The molecule has 0 aliphatic rings. The summed E-state index contributed by atoms with van der Waals surface area (Å²) in [6.45, 7) is 4.01. The van der Waals surface area contributed by atoms with E-state index in [4.69, 9.17) is 0 Å². The van der Waals surface area contributed by atoms with Crippen molar-refractivity contribution in [3.05, 3.63) is 70.1 Å². The smallest absolute Gasteiger partial charge is 0.230 e. The Bertz CT molecular complexity index is 937. The number of anilines is 1. The van der Waals surface area contributed by atoms with Gasteiger partial charge in [0.25, 0.3) is 0 Å². The van der Waals surface area contributed by atoms with Crippen LogP contribution in [-0.2, 0) is 11.2 Å². The van der Waals surface area contributed by atoms with Crippen LogP contribution in [0.1, 0.15) is 16.7 Å². The summed E-state index contributed by atoms with van der Waals surface area (Å²) >= 11 is 1.17. The maximum atomic E-state index is 13.8. The molecule has 3 rings (SSSR count). The van der Waals surface area contributed by atoms with Crippen LogP contribution in [0.2, 0.25) is 0 Å². The Labute approximate surface area is 148 Å². The number of thiazole rings is 1. The summed E-state index contributed by atoms with van der Waals surface area (Å²) in [5.41, 5.74) is 3.58. The molecule has 0 saturated heterocycles. The molecule has 0 spiro atoms. The van der Waals surface area contributed by atoms with Gasteiger partial charge in [0.05, 0.1) is 12.1 Å². The number of halogens is 2. The minimum atomic E-state index is -0.556. The van der Waals surface area contributed by atoms with Gasteiger partial charge in [0, 0.05) is 10.9 Å². The molecule has 0 aliphatic heterocycles. The number of aromatic nitrogens is 1. The third-order valence-corrected chi connectivity index (χ3v) is 4.65. The summed E-state index contributed by atoms with van der Waals surface area (Å²) in [7, 11) is 0. The molecular weight excluding hydrogens is 342 g/mol. The highest BCUT2D eigenvalue weighted by Gasteiger charge is 2.12. The number of nitrogens with zero attached hydrogens (tertiary/aromatic N) is 1. The monoisotopic (exact) mass is 358 g/mol. The third kappa shape index (κ3) is 4.09. The van der Waals surface area contributed by atoms with Gasteiger partial charge in [0.2, 0.25) is 5.91 Å². The first-order valence-corrected chi connectivity index (χ1v) is 8.57. The van der Waals surface area contributed by atoms with Gasteiger partial charge in [-0.05, 0) is 48.7 Å². The highest BCUT2D eigenvalue weighted by Crippen LogP contribution is 2.27. The van der Waals surface area contributed by atoms with Gasteiger partial charge in [-0.15, -0.1) is 11.3 Å². The van der Waals surface area contributed by atoms with Gasteiger partial charge >= 0.3 is 0 Å². The molecule has 1 N–H and O–H groups in total. The Morgan fingerprint density at radius 1 is 1.12 bits per heavy atom. The second kappa shape index (κ2) is 7.11. The molecule has 128 valence electrons. The molecule has 1 aromatic heterocycles. The predicted molar refractivity (Wildman–Crippen MR) is 95.7 cm³/mol. The van der Waals surface area contributed by atoms with Gasteiger partial charge in [-0.1, -0.05) is 18.2 Å². The Kier molecular flexibility index (Phi) is 4.90. The first-order chi connectivity index (χ1) is 11.9. The zero-order valence-corrected chi connectivity index (χ0v) is 14.6. The van der Waals surface area contributed by atoms with Gasteiger partial charge in [0.1, 0.15) is 11.6 Å². The molecule has 0 saturated carbocycles. The van der Waals surface area contributed by atoms with Crippen LogP contribution in [0.15, 0.2) is 41.8 Å². The van der Waals surface area contributed by atoms with Crippen LogP contribution in [0.25, 0.3) is 11.3 Å². The quantitative estimate of drug-likeness (QED) is 0.722. The largest absolute Gasteiger partial charge is 0.302 e.